The molecule has 1 unspecified atom stereocenters. The number of H-pyrrole nitrogens is 1. The molecule has 1 aromatic rings. The Kier molecular flexibility index (Phi) is 4.39. The number of nitrogens with zero attached hydrogens (tertiary/aromatic N) is 3. The molecule has 0 saturated heterocycles. The van der Waals surface area contributed by atoms with Gasteiger partial charge in [-0.2, -0.15) is 5.21 Å². The van der Waals surface area contributed by atoms with Crippen LogP contribution >= 0.6 is 0 Å². The van der Waals surface area contributed by atoms with Crippen molar-refractivity contribution in [1.82, 2.24) is 25.9 Å². The third-order valence-electron chi connectivity index (χ3n) is 2.08. The summed E-state index contributed by atoms with van der Waals surface area (Å²) in [4.78, 5) is 0. The Labute approximate surface area is 78.3 Å². The van der Waals surface area contributed by atoms with Crippen LogP contribution in [-0.2, 0) is 0 Å². The molecule has 5 nitrogen and oxygen atoms in total. The number of hydrogen-bond acceptors (Lipinski definition) is 4. The van der Waals surface area contributed by atoms with E-state index in [-0.39, 0.29) is 0 Å². The van der Waals surface area contributed by atoms with Crippen LogP contribution in [-0.4, -0.2) is 34.2 Å². The van der Waals surface area contributed by atoms with Gasteiger partial charge in [-0.05, 0) is 13.5 Å². The third-order valence-corrected chi connectivity index (χ3v) is 2.08. The van der Waals surface area contributed by atoms with E-state index < -0.39 is 0 Å². The molecule has 2 N–H and O–H groups in total. The third kappa shape index (κ3) is 3.10. The molecule has 0 aromatic carbocycles. The standard InChI is InChI=1S/C8H17N5/c1-3-4-5-7(6-9-2)8-10-12-13-11-8/h7,9H,3-6H2,1-2H3,(H,10,11,12,13). The Morgan fingerprint density at radius 3 is 2.92 bits per heavy atom. The van der Waals surface area contributed by atoms with Crippen LogP contribution in [0.4, 0.5) is 0 Å². The van der Waals surface area contributed by atoms with Gasteiger partial charge in [-0.25, -0.2) is 0 Å². The topological polar surface area (TPSA) is 66.5 Å². The van der Waals surface area contributed by atoms with Gasteiger partial charge in [-0.3, -0.25) is 0 Å². The van der Waals surface area contributed by atoms with E-state index in [9.17, 15) is 0 Å². The SMILES string of the molecule is CCCCC(CNC)c1nn[nH]n1. The Morgan fingerprint density at radius 2 is 2.38 bits per heavy atom. The summed E-state index contributed by atoms with van der Waals surface area (Å²) in [5.74, 6) is 1.21. The van der Waals surface area contributed by atoms with E-state index >= 15 is 0 Å². The van der Waals surface area contributed by atoms with E-state index in [4.69, 9.17) is 0 Å². The number of rotatable bonds is 6. The lowest BCUT2D eigenvalue weighted by atomic mass is 10.0. The first-order chi connectivity index (χ1) is 6.38. The molecule has 0 radical (unpaired) electrons. The average Bonchev–Trinajstić information content (AvgIpc) is 2.65. The number of hydrogen-bond donors (Lipinski definition) is 2. The molecule has 1 aromatic heterocycles. The molecule has 0 spiro atoms. The fourth-order valence-corrected chi connectivity index (χ4v) is 1.36. The summed E-state index contributed by atoms with van der Waals surface area (Å²) in [6.45, 7) is 3.10. The Bertz CT molecular complexity index is 208. The molecule has 0 aliphatic heterocycles. The highest BCUT2D eigenvalue weighted by molar-refractivity contribution is 4.91. The lowest BCUT2D eigenvalue weighted by Gasteiger charge is -2.10. The van der Waals surface area contributed by atoms with Crippen molar-refractivity contribution in [3.63, 3.8) is 0 Å². The Hall–Kier alpha value is -0.970. The Morgan fingerprint density at radius 1 is 1.54 bits per heavy atom. The highest BCUT2D eigenvalue weighted by atomic mass is 15.5. The number of unbranched alkanes of at least 4 members (excludes halogenated alkanes) is 1. The quantitative estimate of drug-likeness (QED) is 0.681. The van der Waals surface area contributed by atoms with Crippen molar-refractivity contribution in [2.45, 2.75) is 32.1 Å². The van der Waals surface area contributed by atoms with E-state index in [1.165, 1.54) is 12.8 Å². The lowest BCUT2D eigenvalue weighted by Crippen LogP contribution is -2.18. The zero-order valence-corrected chi connectivity index (χ0v) is 8.25. The molecule has 0 bridgehead atoms. The van der Waals surface area contributed by atoms with Crippen LogP contribution in [0.2, 0.25) is 0 Å². The second kappa shape index (κ2) is 5.64. The predicted molar refractivity (Wildman–Crippen MR) is 50.4 cm³/mol. The first kappa shape index (κ1) is 10.1. The maximum absolute atomic E-state index is 4.00. The molecule has 1 heterocycles. The van der Waals surface area contributed by atoms with Crippen LogP contribution in [0.5, 0.6) is 0 Å². The van der Waals surface area contributed by atoms with Gasteiger partial charge in [0.25, 0.3) is 0 Å². The number of likely N-dealkylation sites (N-methyl/N-ethyl adjacent to an activating group) is 1. The monoisotopic (exact) mass is 183 g/mol. The van der Waals surface area contributed by atoms with Gasteiger partial charge in [0.1, 0.15) is 0 Å². The van der Waals surface area contributed by atoms with Crippen molar-refractivity contribution in [2.24, 2.45) is 0 Å². The number of aromatic nitrogens is 4. The molecular weight excluding hydrogens is 166 g/mol. The molecule has 0 aliphatic carbocycles. The van der Waals surface area contributed by atoms with Crippen LogP contribution in [0.25, 0.3) is 0 Å². The molecule has 0 saturated carbocycles. The Balaban J connectivity index is 2.47. The molecule has 1 rings (SSSR count). The van der Waals surface area contributed by atoms with Crippen LogP contribution in [0.3, 0.4) is 0 Å². The van der Waals surface area contributed by atoms with Gasteiger partial charge < -0.3 is 5.32 Å². The molecule has 0 amide bonds. The van der Waals surface area contributed by atoms with Gasteiger partial charge in [-0.1, -0.05) is 25.0 Å². The average molecular weight is 183 g/mol. The highest BCUT2D eigenvalue weighted by Gasteiger charge is 2.14. The normalized spacial score (nSPS) is 13.1. The largest absolute Gasteiger partial charge is 0.319 e. The van der Waals surface area contributed by atoms with Gasteiger partial charge in [-0.15, -0.1) is 10.2 Å². The van der Waals surface area contributed by atoms with Gasteiger partial charge in [0.05, 0.1) is 0 Å². The van der Waals surface area contributed by atoms with Gasteiger partial charge in [0.15, 0.2) is 5.82 Å². The second-order valence-corrected chi connectivity index (χ2v) is 3.17. The zero-order chi connectivity index (χ0) is 9.52. The maximum Gasteiger partial charge on any atom is 0.178 e. The van der Waals surface area contributed by atoms with E-state index in [2.05, 4.69) is 32.9 Å². The zero-order valence-electron chi connectivity index (χ0n) is 8.25. The van der Waals surface area contributed by atoms with Gasteiger partial charge in [0, 0.05) is 12.5 Å². The summed E-state index contributed by atoms with van der Waals surface area (Å²) in [6, 6.07) is 0. The van der Waals surface area contributed by atoms with Crippen molar-refractivity contribution >= 4 is 0 Å². The van der Waals surface area contributed by atoms with Crippen molar-refractivity contribution < 1.29 is 0 Å². The molecule has 1 atom stereocenters. The summed E-state index contributed by atoms with van der Waals surface area (Å²) >= 11 is 0. The fourth-order valence-electron chi connectivity index (χ4n) is 1.36. The minimum absolute atomic E-state index is 0.392. The maximum atomic E-state index is 4.00. The van der Waals surface area contributed by atoms with Crippen molar-refractivity contribution in [3.05, 3.63) is 5.82 Å². The van der Waals surface area contributed by atoms with Gasteiger partial charge in [0.2, 0.25) is 0 Å². The van der Waals surface area contributed by atoms with E-state index in [1.807, 2.05) is 7.05 Å². The van der Waals surface area contributed by atoms with E-state index in [0.717, 1.165) is 18.8 Å². The molecule has 5 heteroatoms. The summed E-state index contributed by atoms with van der Waals surface area (Å²) in [6.07, 6.45) is 3.54. The van der Waals surface area contributed by atoms with Crippen LogP contribution in [0.15, 0.2) is 0 Å². The molecule has 0 fully saturated rings. The van der Waals surface area contributed by atoms with E-state index in [1.54, 1.807) is 0 Å². The minimum Gasteiger partial charge on any atom is -0.319 e. The molecule has 0 aliphatic rings. The molecular formula is C8H17N5. The first-order valence-electron chi connectivity index (χ1n) is 4.76. The second-order valence-electron chi connectivity index (χ2n) is 3.17. The summed E-state index contributed by atoms with van der Waals surface area (Å²) < 4.78 is 0. The van der Waals surface area contributed by atoms with Crippen LogP contribution in [0, 0.1) is 0 Å². The first-order valence-corrected chi connectivity index (χ1v) is 4.76. The van der Waals surface area contributed by atoms with Crippen molar-refractivity contribution in [3.8, 4) is 0 Å². The highest BCUT2D eigenvalue weighted by Crippen LogP contribution is 2.16. The number of aromatic amines is 1. The van der Waals surface area contributed by atoms with Crippen molar-refractivity contribution in [2.75, 3.05) is 13.6 Å². The van der Waals surface area contributed by atoms with E-state index in [0.29, 0.717) is 5.92 Å². The summed E-state index contributed by atoms with van der Waals surface area (Å²) in [7, 11) is 1.94. The van der Waals surface area contributed by atoms with Crippen LogP contribution < -0.4 is 5.32 Å². The molecule has 13 heavy (non-hydrogen) atoms. The minimum atomic E-state index is 0.392. The molecule has 74 valence electrons. The summed E-state index contributed by atoms with van der Waals surface area (Å²) in [5, 5.41) is 17.2. The smallest absolute Gasteiger partial charge is 0.178 e. The fraction of sp³-hybridized carbons (Fsp3) is 0.875. The number of tetrazole rings is 1. The number of nitrogens with one attached hydrogen (secondary N) is 2. The van der Waals surface area contributed by atoms with Crippen LogP contribution in [0.1, 0.15) is 37.9 Å². The lowest BCUT2D eigenvalue weighted by molar-refractivity contribution is 0.532. The predicted octanol–water partition coefficient (Wildman–Crippen LogP) is 0.693. The van der Waals surface area contributed by atoms with Crippen molar-refractivity contribution in [1.29, 1.82) is 0 Å². The van der Waals surface area contributed by atoms with Gasteiger partial charge >= 0.3 is 0 Å². The summed E-state index contributed by atoms with van der Waals surface area (Å²) in [5.41, 5.74) is 0.